The minimum Gasteiger partial charge on any atom is -0.308 e. The van der Waals surface area contributed by atoms with E-state index in [0.29, 0.717) is 31.6 Å². The van der Waals surface area contributed by atoms with Gasteiger partial charge in [0.15, 0.2) is 0 Å². The lowest BCUT2D eigenvalue weighted by Gasteiger charge is -2.35. The Morgan fingerprint density at radius 2 is 1.27 bits per heavy atom. The second-order valence-corrected chi connectivity index (χ2v) is 8.18. The van der Waals surface area contributed by atoms with Crippen molar-refractivity contribution >= 4 is 7.60 Å². The third-order valence-corrected chi connectivity index (χ3v) is 6.05. The van der Waals surface area contributed by atoms with Crippen molar-refractivity contribution in [3.63, 3.8) is 0 Å². The molecule has 0 spiro atoms. The monoisotopic (exact) mass is 335 g/mol. The lowest BCUT2D eigenvalue weighted by Crippen LogP contribution is -2.40. The molecule has 0 saturated heterocycles. The van der Waals surface area contributed by atoms with E-state index in [0.717, 1.165) is 38.5 Å². The van der Waals surface area contributed by atoms with Crippen LogP contribution in [-0.4, -0.2) is 36.5 Å². The van der Waals surface area contributed by atoms with E-state index in [9.17, 15) is 4.57 Å². The van der Waals surface area contributed by atoms with Crippen LogP contribution in [0.25, 0.3) is 0 Å². The summed E-state index contributed by atoms with van der Waals surface area (Å²) in [5.41, 5.74) is 0. The molecule has 5 heteroatoms. The van der Waals surface area contributed by atoms with Gasteiger partial charge in [-0.2, -0.15) is 0 Å². The molecule has 0 aromatic heterocycles. The molecule has 0 aromatic rings. The predicted molar refractivity (Wildman–Crippen MR) is 95.5 cm³/mol. The van der Waals surface area contributed by atoms with Crippen LogP contribution in [0.1, 0.15) is 80.1 Å². The summed E-state index contributed by atoms with van der Waals surface area (Å²) >= 11 is 0. The Labute approximate surface area is 138 Å². The normalized spacial score (nSPS) is 15.2. The van der Waals surface area contributed by atoms with Gasteiger partial charge in [-0.05, 0) is 39.5 Å². The van der Waals surface area contributed by atoms with E-state index in [1.807, 2.05) is 0 Å². The summed E-state index contributed by atoms with van der Waals surface area (Å²) in [4.78, 5) is 2.29. The SMILES string of the molecule is CCCCOP(=O)(CN(C(C)CC)C(C)CC)OCCCC. The Morgan fingerprint density at radius 3 is 1.59 bits per heavy atom. The molecule has 0 radical (unpaired) electrons. The molecule has 0 amide bonds. The highest BCUT2D eigenvalue weighted by molar-refractivity contribution is 7.53. The molecule has 134 valence electrons. The molecule has 4 nitrogen and oxygen atoms in total. The summed E-state index contributed by atoms with van der Waals surface area (Å²) in [5, 5.41) is 0. The average molecular weight is 335 g/mol. The van der Waals surface area contributed by atoms with Crippen molar-refractivity contribution in [1.29, 1.82) is 0 Å². The standard InChI is InChI=1S/C17H38NO3P/c1-7-11-13-20-22(19,21-14-12-8-2)15-18(16(5)9-3)17(6)10-4/h16-17H,7-15H2,1-6H3. The van der Waals surface area contributed by atoms with Crippen molar-refractivity contribution in [3.05, 3.63) is 0 Å². The molecule has 0 bridgehead atoms. The van der Waals surface area contributed by atoms with Crippen LogP contribution in [0, 0.1) is 0 Å². The van der Waals surface area contributed by atoms with Crippen molar-refractivity contribution in [1.82, 2.24) is 4.90 Å². The van der Waals surface area contributed by atoms with Crippen molar-refractivity contribution in [2.24, 2.45) is 0 Å². The van der Waals surface area contributed by atoms with E-state index in [2.05, 4.69) is 46.4 Å². The van der Waals surface area contributed by atoms with Gasteiger partial charge >= 0.3 is 7.60 Å². The summed E-state index contributed by atoms with van der Waals surface area (Å²) in [6.45, 7) is 14.0. The minimum atomic E-state index is -3.04. The van der Waals surface area contributed by atoms with Gasteiger partial charge in [0.05, 0.1) is 13.2 Å². The van der Waals surface area contributed by atoms with Gasteiger partial charge in [-0.1, -0.05) is 40.5 Å². The van der Waals surface area contributed by atoms with E-state index in [-0.39, 0.29) is 0 Å². The molecule has 0 fully saturated rings. The molecule has 0 aliphatic heterocycles. The van der Waals surface area contributed by atoms with E-state index >= 15 is 0 Å². The van der Waals surface area contributed by atoms with E-state index in [4.69, 9.17) is 9.05 Å². The second-order valence-electron chi connectivity index (χ2n) is 6.15. The minimum absolute atomic E-state index is 0.382. The molecular weight excluding hydrogens is 297 g/mol. The summed E-state index contributed by atoms with van der Waals surface area (Å²) in [6.07, 6.45) is 6.40. The Hall–Kier alpha value is 0.110. The molecule has 2 atom stereocenters. The first-order valence-corrected chi connectivity index (χ1v) is 10.8. The van der Waals surface area contributed by atoms with Crippen LogP contribution in [0.3, 0.4) is 0 Å². The van der Waals surface area contributed by atoms with Gasteiger partial charge < -0.3 is 9.05 Å². The first-order chi connectivity index (χ1) is 10.4. The third-order valence-electron chi connectivity index (χ3n) is 4.22. The molecule has 0 aliphatic carbocycles. The lowest BCUT2D eigenvalue weighted by atomic mass is 10.1. The molecule has 0 N–H and O–H groups in total. The number of unbranched alkanes of at least 4 members (excludes halogenated alkanes) is 2. The molecule has 2 unspecified atom stereocenters. The maximum absolute atomic E-state index is 13.1. The Kier molecular flexibility index (Phi) is 12.6. The number of hydrogen-bond donors (Lipinski definition) is 0. The van der Waals surface area contributed by atoms with Crippen molar-refractivity contribution in [2.45, 2.75) is 92.2 Å². The predicted octanol–water partition coefficient (Wildman–Crippen LogP) is 5.67. The first-order valence-electron chi connectivity index (χ1n) is 9.07. The summed E-state index contributed by atoms with van der Waals surface area (Å²) in [5.74, 6) is 0. The Morgan fingerprint density at radius 1 is 0.864 bits per heavy atom. The van der Waals surface area contributed by atoms with Crippen molar-refractivity contribution in [3.8, 4) is 0 Å². The average Bonchev–Trinajstić information content (AvgIpc) is 2.52. The topological polar surface area (TPSA) is 38.8 Å². The zero-order valence-electron chi connectivity index (χ0n) is 15.6. The molecule has 0 aromatic carbocycles. The highest BCUT2D eigenvalue weighted by Crippen LogP contribution is 2.50. The maximum Gasteiger partial charge on any atom is 0.344 e. The number of nitrogens with zero attached hydrogens (tertiary/aromatic N) is 1. The van der Waals surface area contributed by atoms with Crippen LogP contribution >= 0.6 is 7.60 Å². The van der Waals surface area contributed by atoms with Gasteiger partial charge in [-0.25, -0.2) is 0 Å². The van der Waals surface area contributed by atoms with Crippen LogP contribution in [0.4, 0.5) is 0 Å². The van der Waals surface area contributed by atoms with Gasteiger partial charge in [0.1, 0.15) is 6.29 Å². The zero-order chi connectivity index (χ0) is 17.0. The van der Waals surface area contributed by atoms with Crippen LogP contribution in [0.5, 0.6) is 0 Å². The van der Waals surface area contributed by atoms with E-state index in [1.54, 1.807) is 0 Å². The summed E-state index contributed by atoms with van der Waals surface area (Å²) < 4.78 is 24.6. The van der Waals surface area contributed by atoms with Crippen LogP contribution in [0.15, 0.2) is 0 Å². The largest absolute Gasteiger partial charge is 0.344 e. The molecule has 0 rings (SSSR count). The quantitative estimate of drug-likeness (QED) is 0.303. The summed E-state index contributed by atoms with van der Waals surface area (Å²) in [7, 11) is -3.04. The highest BCUT2D eigenvalue weighted by Gasteiger charge is 2.31. The molecule has 22 heavy (non-hydrogen) atoms. The van der Waals surface area contributed by atoms with Gasteiger partial charge in [0, 0.05) is 12.1 Å². The smallest absolute Gasteiger partial charge is 0.308 e. The fourth-order valence-corrected chi connectivity index (χ4v) is 4.21. The fourth-order valence-electron chi connectivity index (χ4n) is 2.20. The van der Waals surface area contributed by atoms with Gasteiger partial charge in [0.2, 0.25) is 0 Å². The highest BCUT2D eigenvalue weighted by atomic mass is 31.2. The number of rotatable bonds is 14. The zero-order valence-corrected chi connectivity index (χ0v) is 16.5. The van der Waals surface area contributed by atoms with Crippen LogP contribution in [-0.2, 0) is 13.6 Å². The van der Waals surface area contributed by atoms with Gasteiger partial charge in [-0.15, -0.1) is 0 Å². The Bertz CT molecular complexity index is 288. The molecule has 0 saturated carbocycles. The molecular formula is C17H38NO3P. The summed E-state index contributed by atoms with van der Waals surface area (Å²) in [6, 6.07) is 0.764. The van der Waals surface area contributed by atoms with Gasteiger partial charge in [0.25, 0.3) is 0 Å². The van der Waals surface area contributed by atoms with Crippen LogP contribution in [0.2, 0.25) is 0 Å². The lowest BCUT2D eigenvalue weighted by molar-refractivity contribution is 0.136. The van der Waals surface area contributed by atoms with Gasteiger partial charge in [-0.3, -0.25) is 9.46 Å². The molecule has 0 heterocycles. The van der Waals surface area contributed by atoms with E-state index < -0.39 is 7.60 Å². The van der Waals surface area contributed by atoms with Crippen molar-refractivity contribution < 1.29 is 13.6 Å². The van der Waals surface area contributed by atoms with E-state index in [1.165, 1.54) is 0 Å². The first kappa shape index (κ1) is 22.1. The number of hydrogen-bond acceptors (Lipinski definition) is 4. The fraction of sp³-hybridized carbons (Fsp3) is 1.00. The second kappa shape index (κ2) is 12.5. The van der Waals surface area contributed by atoms with Crippen molar-refractivity contribution in [2.75, 3.05) is 19.5 Å². The molecule has 0 aliphatic rings. The third kappa shape index (κ3) is 8.67. The Balaban J connectivity index is 4.90. The maximum atomic E-state index is 13.1. The van der Waals surface area contributed by atoms with Crippen LogP contribution < -0.4 is 0 Å².